The lowest BCUT2D eigenvalue weighted by Gasteiger charge is -2.21. The van der Waals surface area contributed by atoms with Gasteiger partial charge in [0, 0.05) is 17.9 Å². The van der Waals surface area contributed by atoms with Crippen molar-refractivity contribution in [2.24, 2.45) is 0 Å². The number of nitrogens with two attached hydrogens (primary N) is 1. The SMILES string of the molecule is CC(O)(CO)CNc1ccc(N)cc1. The van der Waals surface area contributed by atoms with Crippen LogP contribution in [0.2, 0.25) is 0 Å². The van der Waals surface area contributed by atoms with Crippen molar-refractivity contribution in [1.29, 1.82) is 0 Å². The molecule has 0 fully saturated rings. The quantitative estimate of drug-likeness (QED) is 0.526. The number of benzene rings is 1. The van der Waals surface area contributed by atoms with Gasteiger partial charge in [-0.05, 0) is 31.2 Å². The first-order chi connectivity index (χ1) is 6.53. The van der Waals surface area contributed by atoms with Crippen molar-refractivity contribution in [3.05, 3.63) is 24.3 Å². The molecule has 0 aliphatic rings. The van der Waals surface area contributed by atoms with Crippen LogP contribution in [0.25, 0.3) is 0 Å². The molecule has 5 N–H and O–H groups in total. The van der Waals surface area contributed by atoms with Crippen molar-refractivity contribution in [2.45, 2.75) is 12.5 Å². The molecular formula is C10H16N2O2. The zero-order valence-electron chi connectivity index (χ0n) is 8.20. The maximum atomic E-state index is 9.50. The number of nitrogen functional groups attached to an aromatic ring is 1. The molecule has 1 unspecified atom stereocenters. The molecule has 0 radical (unpaired) electrons. The van der Waals surface area contributed by atoms with E-state index < -0.39 is 5.60 Å². The van der Waals surface area contributed by atoms with Crippen LogP contribution < -0.4 is 11.1 Å². The number of aliphatic hydroxyl groups is 2. The first-order valence-corrected chi connectivity index (χ1v) is 4.46. The lowest BCUT2D eigenvalue weighted by Crippen LogP contribution is -2.37. The standard InChI is InChI=1S/C10H16N2O2/c1-10(14,7-13)6-12-9-4-2-8(11)3-5-9/h2-5,12-14H,6-7,11H2,1H3. The molecule has 0 saturated heterocycles. The van der Waals surface area contributed by atoms with Gasteiger partial charge in [0.15, 0.2) is 0 Å². The third kappa shape index (κ3) is 3.24. The van der Waals surface area contributed by atoms with Crippen LogP contribution in [0.1, 0.15) is 6.92 Å². The molecular weight excluding hydrogens is 180 g/mol. The van der Waals surface area contributed by atoms with Gasteiger partial charge in [0.2, 0.25) is 0 Å². The van der Waals surface area contributed by atoms with Crippen molar-refractivity contribution in [3.8, 4) is 0 Å². The van der Waals surface area contributed by atoms with Gasteiger partial charge in [0.05, 0.1) is 6.61 Å². The van der Waals surface area contributed by atoms with E-state index in [1.807, 2.05) is 12.1 Å². The van der Waals surface area contributed by atoms with E-state index in [0.29, 0.717) is 12.2 Å². The van der Waals surface area contributed by atoms with E-state index in [4.69, 9.17) is 10.8 Å². The number of nitrogens with one attached hydrogen (secondary N) is 1. The highest BCUT2D eigenvalue weighted by molar-refractivity contribution is 5.51. The Kier molecular flexibility index (Phi) is 3.33. The van der Waals surface area contributed by atoms with Crippen molar-refractivity contribution >= 4 is 11.4 Å². The summed E-state index contributed by atoms with van der Waals surface area (Å²) in [6, 6.07) is 7.19. The van der Waals surface area contributed by atoms with Gasteiger partial charge >= 0.3 is 0 Å². The number of hydrogen-bond acceptors (Lipinski definition) is 4. The summed E-state index contributed by atoms with van der Waals surface area (Å²) in [5.74, 6) is 0. The highest BCUT2D eigenvalue weighted by Crippen LogP contribution is 2.12. The minimum atomic E-state index is -1.10. The van der Waals surface area contributed by atoms with Gasteiger partial charge in [0.25, 0.3) is 0 Å². The van der Waals surface area contributed by atoms with Crippen molar-refractivity contribution in [3.63, 3.8) is 0 Å². The molecule has 0 amide bonds. The highest BCUT2D eigenvalue weighted by Gasteiger charge is 2.17. The molecule has 0 aliphatic heterocycles. The minimum absolute atomic E-state index is 0.269. The summed E-state index contributed by atoms with van der Waals surface area (Å²) in [7, 11) is 0. The van der Waals surface area contributed by atoms with E-state index >= 15 is 0 Å². The van der Waals surface area contributed by atoms with Gasteiger partial charge in [-0.2, -0.15) is 0 Å². The third-order valence-corrected chi connectivity index (χ3v) is 1.92. The van der Waals surface area contributed by atoms with Gasteiger partial charge in [0.1, 0.15) is 5.60 Å². The van der Waals surface area contributed by atoms with Crippen molar-refractivity contribution in [1.82, 2.24) is 0 Å². The molecule has 4 heteroatoms. The van der Waals surface area contributed by atoms with Crippen molar-refractivity contribution in [2.75, 3.05) is 24.2 Å². The van der Waals surface area contributed by atoms with E-state index in [1.54, 1.807) is 19.1 Å². The number of rotatable bonds is 4. The Balaban J connectivity index is 2.50. The van der Waals surface area contributed by atoms with Crippen LogP contribution in [0.15, 0.2) is 24.3 Å². The zero-order valence-corrected chi connectivity index (χ0v) is 8.20. The average molecular weight is 196 g/mol. The van der Waals surface area contributed by atoms with E-state index in [2.05, 4.69) is 5.32 Å². The second-order valence-electron chi connectivity index (χ2n) is 3.63. The summed E-state index contributed by atoms with van der Waals surface area (Å²) in [6.07, 6.45) is 0. The first kappa shape index (κ1) is 10.8. The maximum Gasteiger partial charge on any atom is 0.102 e. The summed E-state index contributed by atoms with van der Waals surface area (Å²) in [6.45, 7) is 1.60. The fourth-order valence-corrected chi connectivity index (χ4v) is 0.949. The Hall–Kier alpha value is -1.26. The minimum Gasteiger partial charge on any atom is -0.399 e. The molecule has 1 atom stereocenters. The Morgan fingerprint density at radius 1 is 1.36 bits per heavy atom. The predicted molar refractivity (Wildman–Crippen MR) is 57.1 cm³/mol. The van der Waals surface area contributed by atoms with E-state index in [-0.39, 0.29) is 6.61 Å². The monoisotopic (exact) mass is 196 g/mol. The Morgan fingerprint density at radius 2 is 1.93 bits per heavy atom. The van der Waals surface area contributed by atoms with E-state index in [0.717, 1.165) is 5.69 Å². The molecule has 0 saturated carbocycles. The Morgan fingerprint density at radius 3 is 2.43 bits per heavy atom. The topological polar surface area (TPSA) is 78.5 Å². The van der Waals surface area contributed by atoms with Gasteiger partial charge in [-0.1, -0.05) is 0 Å². The van der Waals surface area contributed by atoms with Crippen LogP contribution in [0.4, 0.5) is 11.4 Å². The first-order valence-electron chi connectivity index (χ1n) is 4.46. The Bertz CT molecular complexity index is 283. The van der Waals surface area contributed by atoms with Crippen molar-refractivity contribution < 1.29 is 10.2 Å². The van der Waals surface area contributed by atoms with Gasteiger partial charge in [-0.15, -0.1) is 0 Å². The molecule has 0 heterocycles. The summed E-state index contributed by atoms with van der Waals surface area (Å²) in [5, 5.41) is 21.3. The normalized spacial score (nSPS) is 14.8. The maximum absolute atomic E-state index is 9.50. The second-order valence-corrected chi connectivity index (χ2v) is 3.63. The summed E-state index contributed by atoms with van der Waals surface area (Å²) in [5.41, 5.74) is 5.99. The fraction of sp³-hybridized carbons (Fsp3) is 0.400. The molecule has 1 rings (SSSR count). The molecule has 4 nitrogen and oxygen atoms in total. The number of hydrogen-bond donors (Lipinski definition) is 4. The predicted octanol–water partition coefficient (Wildman–Crippen LogP) is 0.424. The smallest absolute Gasteiger partial charge is 0.102 e. The molecule has 1 aromatic carbocycles. The van der Waals surface area contributed by atoms with Gasteiger partial charge in [-0.3, -0.25) is 0 Å². The number of anilines is 2. The molecule has 14 heavy (non-hydrogen) atoms. The Labute approximate surface area is 83.4 Å². The molecule has 0 aromatic heterocycles. The number of aliphatic hydroxyl groups excluding tert-OH is 1. The van der Waals surface area contributed by atoms with E-state index in [1.165, 1.54) is 0 Å². The van der Waals surface area contributed by atoms with Gasteiger partial charge < -0.3 is 21.3 Å². The summed E-state index contributed by atoms with van der Waals surface area (Å²) >= 11 is 0. The molecule has 0 bridgehead atoms. The molecule has 78 valence electrons. The van der Waals surface area contributed by atoms with Crippen LogP contribution in [-0.4, -0.2) is 29.0 Å². The second kappa shape index (κ2) is 4.30. The molecule has 0 spiro atoms. The van der Waals surface area contributed by atoms with Crippen LogP contribution in [-0.2, 0) is 0 Å². The largest absolute Gasteiger partial charge is 0.399 e. The van der Waals surface area contributed by atoms with E-state index in [9.17, 15) is 5.11 Å². The summed E-state index contributed by atoms with van der Waals surface area (Å²) in [4.78, 5) is 0. The lowest BCUT2D eigenvalue weighted by atomic mass is 10.1. The van der Waals surface area contributed by atoms with Crippen LogP contribution in [0.3, 0.4) is 0 Å². The van der Waals surface area contributed by atoms with Crippen LogP contribution >= 0.6 is 0 Å². The van der Waals surface area contributed by atoms with Crippen LogP contribution in [0, 0.1) is 0 Å². The van der Waals surface area contributed by atoms with Gasteiger partial charge in [-0.25, -0.2) is 0 Å². The fourth-order valence-electron chi connectivity index (χ4n) is 0.949. The summed E-state index contributed by atoms with van der Waals surface area (Å²) < 4.78 is 0. The lowest BCUT2D eigenvalue weighted by molar-refractivity contribution is 0.0132. The highest BCUT2D eigenvalue weighted by atomic mass is 16.3. The zero-order chi connectivity index (χ0) is 10.6. The average Bonchev–Trinajstić information content (AvgIpc) is 2.17. The van der Waals surface area contributed by atoms with Crippen LogP contribution in [0.5, 0.6) is 0 Å². The third-order valence-electron chi connectivity index (χ3n) is 1.92. The molecule has 0 aliphatic carbocycles. The molecule has 1 aromatic rings.